The minimum atomic E-state index is -0.0681. The Labute approximate surface area is 168 Å². The molecular formula is C21H32N2O3S. The average molecular weight is 393 g/mol. The van der Waals surface area contributed by atoms with Crippen LogP contribution in [-0.4, -0.2) is 50.5 Å². The van der Waals surface area contributed by atoms with E-state index in [2.05, 4.69) is 26.0 Å². The topological polar surface area (TPSA) is 52.4 Å². The van der Waals surface area contributed by atoms with Crippen LogP contribution in [0.3, 0.4) is 0 Å². The molecule has 0 fully saturated rings. The first-order chi connectivity index (χ1) is 13.0. The fourth-order valence-electron chi connectivity index (χ4n) is 3.23. The van der Waals surface area contributed by atoms with E-state index in [4.69, 9.17) is 36.8 Å². The number of hydrogen-bond acceptors (Lipinski definition) is 6. The maximum atomic E-state index is 5.51. The van der Waals surface area contributed by atoms with Crippen molar-refractivity contribution in [1.82, 2.24) is 0 Å². The van der Waals surface area contributed by atoms with Crippen molar-refractivity contribution in [2.45, 2.75) is 56.9 Å². The third-order valence-electron chi connectivity index (χ3n) is 4.78. The summed E-state index contributed by atoms with van der Waals surface area (Å²) < 4.78 is 16.2. The van der Waals surface area contributed by atoms with Crippen LogP contribution in [0.2, 0.25) is 0 Å². The summed E-state index contributed by atoms with van der Waals surface area (Å²) in [4.78, 5) is 9.48. The van der Waals surface area contributed by atoms with E-state index in [0.717, 1.165) is 31.4 Å². The van der Waals surface area contributed by atoms with E-state index < -0.39 is 0 Å². The lowest BCUT2D eigenvalue weighted by Gasteiger charge is -2.27. The Kier molecular flexibility index (Phi) is 8.48. The molecule has 1 heterocycles. The van der Waals surface area contributed by atoms with Gasteiger partial charge in [-0.25, -0.2) is 9.98 Å². The minimum absolute atomic E-state index is 0.0612. The van der Waals surface area contributed by atoms with Crippen LogP contribution in [0.5, 0.6) is 5.75 Å². The van der Waals surface area contributed by atoms with Crippen molar-refractivity contribution in [3.05, 3.63) is 29.8 Å². The molecule has 0 radical (unpaired) electrons. The number of thiol groups is 1. The van der Waals surface area contributed by atoms with E-state index in [1.807, 2.05) is 12.1 Å². The third kappa shape index (κ3) is 6.16. The molecule has 0 bridgehead atoms. The fraction of sp³-hybridized carbons (Fsp3) is 0.619. The number of nitrogens with zero attached hydrogens (tertiary/aromatic N) is 2. The van der Waals surface area contributed by atoms with Crippen molar-refractivity contribution in [3.63, 3.8) is 0 Å². The molecule has 1 aromatic rings. The molecule has 1 aliphatic rings. The number of rotatable bonds is 8. The number of ether oxygens (including phenoxy) is 3. The molecule has 150 valence electrons. The van der Waals surface area contributed by atoms with Gasteiger partial charge in [-0.2, -0.15) is 12.6 Å². The highest BCUT2D eigenvalue weighted by atomic mass is 32.1. The number of benzene rings is 1. The van der Waals surface area contributed by atoms with E-state index in [1.54, 1.807) is 21.3 Å². The normalized spacial score (nSPS) is 20.7. The lowest BCUT2D eigenvalue weighted by atomic mass is 10.00. The van der Waals surface area contributed by atoms with Gasteiger partial charge in [0, 0.05) is 5.25 Å². The molecule has 0 spiro atoms. The van der Waals surface area contributed by atoms with E-state index in [0.29, 0.717) is 23.0 Å². The molecule has 1 unspecified atom stereocenters. The largest absolute Gasteiger partial charge is 0.497 e. The van der Waals surface area contributed by atoms with Gasteiger partial charge < -0.3 is 14.2 Å². The maximum Gasteiger partial charge on any atom is 0.209 e. The molecule has 0 aliphatic carbocycles. The van der Waals surface area contributed by atoms with Crippen LogP contribution in [-0.2, 0) is 15.9 Å². The van der Waals surface area contributed by atoms with Crippen LogP contribution >= 0.6 is 12.6 Å². The predicted molar refractivity (Wildman–Crippen MR) is 115 cm³/mol. The summed E-state index contributed by atoms with van der Waals surface area (Å²) in [6.45, 7) is 4.22. The Balaban J connectivity index is 1.87. The van der Waals surface area contributed by atoms with Gasteiger partial charge in [-0.15, -0.1) is 0 Å². The van der Waals surface area contributed by atoms with E-state index in [1.165, 1.54) is 5.56 Å². The minimum Gasteiger partial charge on any atom is -0.497 e. The van der Waals surface area contributed by atoms with Crippen LogP contribution in [0.4, 0.5) is 0 Å². The molecule has 1 aromatic carbocycles. The highest BCUT2D eigenvalue weighted by molar-refractivity contribution is 7.80. The molecule has 2 rings (SSSR count). The quantitative estimate of drug-likeness (QED) is 0.675. The molecule has 0 saturated heterocycles. The van der Waals surface area contributed by atoms with Crippen LogP contribution in [0.15, 0.2) is 34.3 Å². The van der Waals surface area contributed by atoms with Crippen molar-refractivity contribution in [3.8, 4) is 5.75 Å². The van der Waals surface area contributed by atoms with Gasteiger partial charge in [-0.1, -0.05) is 26.0 Å². The summed E-state index contributed by atoms with van der Waals surface area (Å²) in [5, 5.41) is 0.305. The Morgan fingerprint density at radius 2 is 1.63 bits per heavy atom. The first kappa shape index (κ1) is 21.6. The van der Waals surface area contributed by atoms with Crippen molar-refractivity contribution < 1.29 is 14.2 Å². The molecule has 6 heteroatoms. The Hall–Kier alpha value is -1.69. The van der Waals surface area contributed by atoms with Crippen molar-refractivity contribution in [2.24, 2.45) is 15.9 Å². The van der Waals surface area contributed by atoms with Crippen molar-refractivity contribution >= 4 is 24.4 Å². The Morgan fingerprint density at radius 1 is 0.963 bits per heavy atom. The molecular weight excluding hydrogens is 360 g/mol. The lowest BCUT2D eigenvalue weighted by Crippen LogP contribution is -2.37. The molecule has 0 aromatic heterocycles. The zero-order valence-corrected chi connectivity index (χ0v) is 17.9. The van der Waals surface area contributed by atoms with Crippen LogP contribution < -0.4 is 4.74 Å². The van der Waals surface area contributed by atoms with Crippen LogP contribution in [0, 0.1) is 5.92 Å². The molecule has 0 saturated carbocycles. The van der Waals surface area contributed by atoms with Gasteiger partial charge in [0.15, 0.2) is 0 Å². The first-order valence-corrected chi connectivity index (χ1v) is 10.0. The van der Waals surface area contributed by atoms with Gasteiger partial charge in [0.1, 0.15) is 17.8 Å². The Bertz CT molecular complexity index is 643. The second-order valence-electron chi connectivity index (χ2n) is 7.18. The summed E-state index contributed by atoms with van der Waals surface area (Å²) in [6.07, 6.45) is 3.83. The van der Waals surface area contributed by atoms with E-state index in [9.17, 15) is 0 Å². The maximum absolute atomic E-state index is 5.51. The monoisotopic (exact) mass is 392 g/mol. The van der Waals surface area contributed by atoms with Crippen molar-refractivity contribution in [2.75, 3.05) is 21.3 Å². The highest BCUT2D eigenvalue weighted by Gasteiger charge is 2.30. The molecule has 3 atom stereocenters. The lowest BCUT2D eigenvalue weighted by molar-refractivity contribution is 0.329. The zero-order valence-electron chi connectivity index (χ0n) is 17.0. The number of aliphatic imine (C=N–C) groups is 2. The summed E-state index contributed by atoms with van der Waals surface area (Å²) in [7, 11) is 5.01. The average Bonchev–Trinajstić information content (AvgIpc) is 2.67. The molecule has 27 heavy (non-hydrogen) atoms. The second-order valence-corrected chi connectivity index (χ2v) is 7.91. The summed E-state index contributed by atoms with van der Waals surface area (Å²) >= 11 is 4.76. The highest BCUT2D eigenvalue weighted by Crippen LogP contribution is 2.22. The predicted octanol–water partition coefficient (Wildman–Crippen LogP) is 4.20. The third-order valence-corrected chi connectivity index (χ3v) is 5.22. The van der Waals surface area contributed by atoms with E-state index >= 15 is 0 Å². The van der Waals surface area contributed by atoms with E-state index in [-0.39, 0.29) is 12.1 Å². The molecule has 0 amide bonds. The standard InChI is InChI=1S/C21H32N2O3S/c1-14(2)19-21(26-5)22-18(20(23-19)25-4)8-6-7-17(27)13-15-9-11-16(24-3)12-10-15/h9-12,14,17-19,27H,6-8,13H2,1-5H3/t17?,18-,19+/m0/s1. The van der Waals surface area contributed by atoms with Gasteiger partial charge in [-0.05, 0) is 49.3 Å². The van der Waals surface area contributed by atoms with Gasteiger partial charge in [0.25, 0.3) is 0 Å². The zero-order chi connectivity index (χ0) is 19.8. The SMILES string of the molecule is COC1=N[C@H](C(C)C)C(OC)=N[C@H]1CCCC(S)Cc1ccc(OC)cc1. The van der Waals surface area contributed by atoms with Gasteiger partial charge in [0.05, 0.1) is 21.3 Å². The van der Waals surface area contributed by atoms with Crippen LogP contribution in [0.1, 0.15) is 38.7 Å². The molecule has 0 N–H and O–H groups in total. The van der Waals surface area contributed by atoms with Crippen molar-refractivity contribution in [1.29, 1.82) is 0 Å². The smallest absolute Gasteiger partial charge is 0.209 e. The summed E-state index contributed by atoms with van der Waals surface area (Å²) in [6, 6.07) is 8.05. The fourth-order valence-corrected chi connectivity index (χ4v) is 3.62. The number of methoxy groups -OCH3 is 3. The summed E-state index contributed by atoms with van der Waals surface area (Å²) in [5.41, 5.74) is 1.27. The first-order valence-electron chi connectivity index (χ1n) is 9.52. The van der Waals surface area contributed by atoms with Gasteiger partial charge in [0.2, 0.25) is 11.8 Å². The van der Waals surface area contributed by atoms with Gasteiger partial charge >= 0.3 is 0 Å². The second kappa shape index (κ2) is 10.6. The van der Waals surface area contributed by atoms with Crippen LogP contribution in [0.25, 0.3) is 0 Å². The summed E-state index contributed by atoms with van der Waals surface area (Å²) in [5.74, 6) is 2.61. The van der Waals surface area contributed by atoms with Gasteiger partial charge in [-0.3, -0.25) is 0 Å². The number of hydrogen-bond donors (Lipinski definition) is 1. The Morgan fingerprint density at radius 3 is 2.19 bits per heavy atom. The molecule has 1 aliphatic heterocycles. The molecule has 5 nitrogen and oxygen atoms in total.